The van der Waals surface area contributed by atoms with E-state index in [2.05, 4.69) is 20.0 Å². The Labute approximate surface area is 165 Å². The van der Waals surface area contributed by atoms with Crippen LogP contribution in [0.3, 0.4) is 0 Å². The van der Waals surface area contributed by atoms with Crippen molar-refractivity contribution < 1.29 is 22.0 Å². The van der Waals surface area contributed by atoms with Crippen LogP contribution in [-0.4, -0.2) is 29.5 Å². The number of fused-ring (bicyclic) bond motifs is 1. The fourth-order valence-corrected chi connectivity index (χ4v) is 5.02. The molecule has 1 aliphatic carbocycles. The normalized spacial score (nSPS) is 15.0. The number of rotatable bonds is 5. The van der Waals surface area contributed by atoms with Gasteiger partial charge in [0.15, 0.2) is 5.82 Å². The van der Waals surface area contributed by atoms with Crippen molar-refractivity contribution in [3.63, 3.8) is 0 Å². The predicted molar refractivity (Wildman–Crippen MR) is 105 cm³/mol. The molecule has 1 fully saturated rings. The van der Waals surface area contributed by atoms with Gasteiger partial charge in [-0.15, -0.1) is 0 Å². The van der Waals surface area contributed by atoms with Crippen LogP contribution in [0.5, 0.6) is 0 Å². The van der Waals surface area contributed by atoms with Gasteiger partial charge < -0.3 is 10.3 Å². The summed E-state index contributed by atoms with van der Waals surface area (Å²) >= 11 is 0. The lowest BCUT2D eigenvalue weighted by atomic mass is 10.2. The molecule has 0 radical (unpaired) electrons. The number of anilines is 2. The number of benzene rings is 1. The topological polar surface area (TPSA) is 104 Å². The van der Waals surface area contributed by atoms with Gasteiger partial charge in [-0.25, -0.2) is 22.2 Å². The number of pyridine rings is 1. The molecule has 0 saturated heterocycles. The fourth-order valence-electron chi connectivity index (χ4n) is 3.43. The third-order valence-corrected chi connectivity index (χ3v) is 6.84. The van der Waals surface area contributed by atoms with Gasteiger partial charge in [0.2, 0.25) is 10.0 Å². The Hall–Kier alpha value is -3.01. The van der Waals surface area contributed by atoms with E-state index in [0.29, 0.717) is 23.9 Å². The SMILES string of the molecule is O=C(Nc1c(F)ccc(NS(=O)(=O)C2CCCC2)c1F)c1cnc2[nH]ccc2c1. The average Bonchev–Trinajstić information content (AvgIpc) is 3.38. The van der Waals surface area contributed by atoms with Gasteiger partial charge in [-0.3, -0.25) is 9.52 Å². The summed E-state index contributed by atoms with van der Waals surface area (Å²) < 4.78 is 56.1. The van der Waals surface area contributed by atoms with Crippen molar-refractivity contribution in [3.05, 3.63) is 53.9 Å². The van der Waals surface area contributed by atoms with E-state index < -0.39 is 44.2 Å². The van der Waals surface area contributed by atoms with Crippen molar-refractivity contribution >= 4 is 38.3 Å². The Morgan fingerprint density at radius 2 is 1.93 bits per heavy atom. The number of aromatic nitrogens is 2. The maximum absolute atomic E-state index is 14.8. The number of nitrogens with one attached hydrogen (secondary N) is 3. The van der Waals surface area contributed by atoms with Crippen LogP contribution in [0.1, 0.15) is 36.0 Å². The lowest BCUT2D eigenvalue weighted by molar-refractivity contribution is 0.102. The predicted octanol–water partition coefficient (Wildman–Crippen LogP) is 3.78. The van der Waals surface area contributed by atoms with Gasteiger partial charge >= 0.3 is 0 Å². The molecule has 0 bridgehead atoms. The number of nitrogens with zero attached hydrogens (tertiary/aromatic N) is 1. The van der Waals surface area contributed by atoms with Crippen LogP contribution >= 0.6 is 0 Å². The van der Waals surface area contributed by atoms with E-state index in [1.807, 2.05) is 0 Å². The molecule has 0 aliphatic heterocycles. The number of sulfonamides is 1. The van der Waals surface area contributed by atoms with Gasteiger partial charge in [0, 0.05) is 17.8 Å². The highest BCUT2D eigenvalue weighted by Crippen LogP contribution is 2.30. The number of H-pyrrole nitrogens is 1. The molecule has 2 aromatic heterocycles. The molecule has 3 aromatic rings. The number of hydrogen-bond donors (Lipinski definition) is 3. The minimum absolute atomic E-state index is 0.104. The van der Waals surface area contributed by atoms with Crippen molar-refractivity contribution in [2.75, 3.05) is 10.0 Å². The Kier molecular flexibility index (Phi) is 4.95. The van der Waals surface area contributed by atoms with Crippen LogP contribution in [0.2, 0.25) is 0 Å². The minimum Gasteiger partial charge on any atom is -0.346 e. The zero-order valence-electron chi connectivity index (χ0n) is 15.2. The number of aromatic amines is 1. The maximum Gasteiger partial charge on any atom is 0.257 e. The monoisotopic (exact) mass is 420 g/mol. The highest BCUT2D eigenvalue weighted by Gasteiger charge is 2.30. The molecular weight excluding hydrogens is 402 g/mol. The van der Waals surface area contributed by atoms with Crippen LogP contribution in [0, 0.1) is 11.6 Å². The van der Waals surface area contributed by atoms with E-state index in [4.69, 9.17) is 0 Å². The molecule has 1 aromatic carbocycles. The average molecular weight is 420 g/mol. The van der Waals surface area contributed by atoms with E-state index in [9.17, 15) is 22.0 Å². The quantitative estimate of drug-likeness (QED) is 0.584. The Bertz CT molecular complexity index is 1190. The van der Waals surface area contributed by atoms with Crippen molar-refractivity contribution in [3.8, 4) is 0 Å². The van der Waals surface area contributed by atoms with Crippen LogP contribution in [0.4, 0.5) is 20.2 Å². The molecule has 0 spiro atoms. The lowest BCUT2D eigenvalue weighted by Gasteiger charge is -2.16. The summed E-state index contributed by atoms with van der Waals surface area (Å²) in [6, 6.07) is 5.13. The third-order valence-electron chi connectivity index (χ3n) is 4.99. The standard InChI is InChI=1S/C19H18F2N4O3S/c20-14-5-6-15(25-29(27,28)13-3-1-2-4-13)16(21)17(14)24-19(26)12-9-11-7-8-22-18(11)23-10-12/h5-10,13,25H,1-4H2,(H,22,23)(H,24,26). The van der Waals surface area contributed by atoms with Gasteiger partial charge in [-0.05, 0) is 37.1 Å². The largest absolute Gasteiger partial charge is 0.346 e. The molecule has 29 heavy (non-hydrogen) atoms. The Balaban J connectivity index is 1.60. The second-order valence-electron chi connectivity index (χ2n) is 6.93. The van der Waals surface area contributed by atoms with Crippen LogP contribution in [0.15, 0.2) is 36.7 Å². The van der Waals surface area contributed by atoms with Crippen molar-refractivity contribution in [1.29, 1.82) is 0 Å². The summed E-state index contributed by atoms with van der Waals surface area (Å²) in [7, 11) is -3.80. The van der Waals surface area contributed by atoms with Crippen molar-refractivity contribution in [2.24, 2.45) is 0 Å². The van der Waals surface area contributed by atoms with E-state index in [0.717, 1.165) is 25.0 Å². The van der Waals surface area contributed by atoms with E-state index in [1.54, 1.807) is 12.3 Å². The number of amides is 1. The van der Waals surface area contributed by atoms with E-state index in [1.165, 1.54) is 12.3 Å². The second kappa shape index (κ2) is 7.43. The molecule has 2 heterocycles. The molecule has 3 N–H and O–H groups in total. The van der Waals surface area contributed by atoms with E-state index >= 15 is 0 Å². The van der Waals surface area contributed by atoms with Crippen LogP contribution < -0.4 is 10.0 Å². The van der Waals surface area contributed by atoms with Gasteiger partial charge in [0.1, 0.15) is 17.2 Å². The first-order valence-electron chi connectivity index (χ1n) is 9.09. The third kappa shape index (κ3) is 3.80. The molecular formula is C19H18F2N4O3S. The zero-order valence-corrected chi connectivity index (χ0v) is 16.0. The molecule has 7 nitrogen and oxygen atoms in total. The van der Waals surface area contributed by atoms with Gasteiger partial charge in [-0.2, -0.15) is 0 Å². The molecule has 1 amide bonds. The molecule has 4 rings (SSSR count). The summed E-state index contributed by atoms with van der Waals surface area (Å²) in [6.45, 7) is 0. The number of halogens is 2. The van der Waals surface area contributed by atoms with Crippen LogP contribution in [0.25, 0.3) is 11.0 Å². The highest BCUT2D eigenvalue weighted by molar-refractivity contribution is 7.93. The van der Waals surface area contributed by atoms with Gasteiger partial charge in [0.25, 0.3) is 5.91 Å². The Morgan fingerprint density at radius 3 is 2.69 bits per heavy atom. The Morgan fingerprint density at radius 1 is 1.17 bits per heavy atom. The van der Waals surface area contributed by atoms with Crippen molar-refractivity contribution in [2.45, 2.75) is 30.9 Å². The number of carbonyl (C=O) groups excluding carboxylic acids is 1. The first-order chi connectivity index (χ1) is 13.8. The van der Waals surface area contributed by atoms with Crippen molar-refractivity contribution in [1.82, 2.24) is 9.97 Å². The smallest absolute Gasteiger partial charge is 0.257 e. The summed E-state index contributed by atoms with van der Waals surface area (Å²) in [5, 5.41) is 2.23. The van der Waals surface area contributed by atoms with Crippen LogP contribution in [-0.2, 0) is 10.0 Å². The summed E-state index contributed by atoms with van der Waals surface area (Å²) in [5.41, 5.74) is -0.460. The summed E-state index contributed by atoms with van der Waals surface area (Å²) in [4.78, 5) is 19.4. The number of hydrogen-bond acceptors (Lipinski definition) is 4. The second-order valence-corrected chi connectivity index (χ2v) is 8.89. The minimum atomic E-state index is -3.80. The molecule has 0 atom stereocenters. The van der Waals surface area contributed by atoms with E-state index in [-0.39, 0.29) is 5.56 Å². The van der Waals surface area contributed by atoms with Gasteiger partial charge in [0.05, 0.1) is 16.5 Å². The maximum atomic E-state index is 14.8. The molecule has 0 unspecified atom stereocenters. The molecule has 1 aliphatic rings. The zero-order chi connectivity index (χ0) is 20.6. The highest BCUT2D eigenvalue weighted by atomic mass is 32.2. The molecule has 152 valence electrons. The molecule has 1 saturated carbocycles. The van der Waals surface area contributed by atoms with Gasteiger partial charge in [-0.1, -0.05) is 12.8 Å². The lowest BCUT2D eigenvalue weighted by Crippen LogP contribution is -2.26. The summed E-state index contributed by atoms with van der Waals surface area (Å²) in [6.07, 6.45) is 5.50. The molecule has 10 heteroatoms. The number of carbonyl (C=O) groups is 1. The fraction of sp³-hybridized carbons (Fsp3) is 0.263. The first-order valence-corrected chi connectivity index (χ1v) is 10.6. The summed E-state index contributed by atoms with van der Waals surface area (Å²) in [5.74, 6) is -2.97. The first kappa shape index (κ1) is 19.3.